The minimum Gasteiger partial charge on any atom is -0.465 e. The molecular formula is C31H31FN2O5. The van der Waals surface area contributed by atoms with Crippen LogP contribution in [-0.4, -0.2) is 30.4 Å². The molecule has 0 unspecified atom stereocenters. The van der Waals surface area contributed by atoms with Crippen molar-refractivity contribution < 1.29 is 28.0 Å². The lowest BCUT2D eigenvalue weighted by Gasteiger charge is -2.23. The summed E-state index contributed by atoms with van der Waals surface area (Å²) in [5.41, 5.74) is 4.18. The molecule has 4 aromatic rings. The normalized spacial score (nSPS) is 11.2. The molecule has 0 atom stereocenters. The summed E-state index contributed by atoms with van der Waals surface area (Å²) >= 11 is 0. The Kier molecular flexibility index (Phi) is 8.44. The number of benzene rings is 3. The second-order valence-electron chi connectivity index (χ2n) is 9.57. The van der Waals surface area contributed by atoms with Gasteiger partial charge < -0.3 is 14.0 Å². The molecular weight excluding hydrogens is 499 g/mol. The molecule has 39 heavy (non-hydrogen) atoms. The van der Waals surface area contributed by atoms with E-state index in [-0.39, 0.29) is 24.8 Å². The Hall–Kier alpha value is -4.46. The van der Waals surface area contributed by atoms with Gasteiger partial charge in [-0.3, -0.25) is 10.1 Å². The van der Waals surface area contributed by atoms with Gasteiger partial charge in [0.15, 0.2) is 5.76 Å². The van der Waals surface area contributed by atoms with Crippen molar-refractivity contribution in [3.63, 3.8) is 0 Å². The highest BCUT2D eigenvalue weighted by molar-refractivity contribution is 5.91. The average Bonchev–Trinajstić information content (AvgIpc) is 3.29. The second kappa shape index (κ2) is 11.9. The van der Waals surface area contributed by atoms with E-state index >= 15 is 0 Å². The number of ether oxygens (including phenoxy) is 2. The number of nitrogens with zero attached hydrogens (tertiary/aromatic N) is 1. The number of carbonyl (C=O) groups is 2. The Bertz CT molecular complexity index is 1440. The van der Waals surface area contributed by atoms with E-state index in [1.807, 2.05) is 62.4 Å². The summed E-state index contributed by atoms with van der Waals surface area (Å²) < 4.78 is 29.7. The lowest BCUT2D eigenvalue weighted by atomic mass is 9.84. The third kappa shape index (κ3) is 6.34. The van der Waals surface area contributed by atoms with Gasteiger partial charge in [0.05, 0.1) is 18.6 Å². The number of esters is 1. The second-order valence-corrected chi connectivity index (χ2v) is 9.57. The Labute approximate surface area is 226 Å². The Morgan fingerprint density at radius 1 is 0.923 bits per heavy atom. The third-order valence-electron chi connectivity index (χ3n) is 6.52. The molecule has 3 aromatic carbocycles. The molecule has 0 spiro atoms. The highest BCUT2D eigenvalue weighted by atomic mass is 19.1. The number of carbonyl (C=O) groups excluding carboxylic acids is 2. The molecule has 1 heterocycles. The van der Waals surface area contributed by atoms with E-state index in [9.17, 15) is 14.0 Å². The van der Waals surface area contributed by atoms with Gasteiger partial charge in [-0.2, -0.15) is 0 Å². The van der Waals surface area contributed by atoms with E-state index in [0.717, 1.165) is 22.3 Å². The van der Waals surface area contributed by atoms with Gasteiger partial charge in [-0.1, -0.05) is 71.9 Å². The van der Waals surface area contributed by atoms with Crippen LogP contribution in [0.25, 0.3) is 22.5 Å². The van der Waals surface area contributed by atoms with E-state index in [1.54, 1.807) is 32.0 Å². The molecule has 0 aliphatic heterocycles. The highest BCUT2D eigenvalue weighted by Crippen LogP contribution is 2.33. The van der Waals surface area contributed by atoms with Gasteiger partial charge >= 0.3 is 12.1 Å². The van der Waals surface area contributed by atoms with Crippen molar-refractivity contribution >= 4 is 17.7 Å². The number of hydrogen-bond donors (Lipinski definition) is 1. The van der Waals surface area contributed by atoms with Crippen molar-refractivity contribution in [2.75, 3.05) is 18.5 Å². The monoisotopic (exact) mass is 530 g/mol. The Morgan fingerprint density at radius 2 is 1.54 bits per heavy atom. The summed E-state index contributed by atoms with van der Waals surface area (Å²) in [5.74, 6) is -0.196. The molecule has 0 aliphatic rings. The maximum Gasteiger partial charge on any atom is 0.411 e. The molecule has 0 saturated carbocycles. The molecule has 202 valence electrons. The minimum atomic E-state index is -0.745. The van der Waals surface area contributed by atoms with Crippen LogP contribution in [0.5, 0.6) is 0 Å². The largest absolute Gasteiger partial charge is 0.465 e. The Balaban J connectivity index is 1.43. The first-order valence-corrected chi connectivity index (χ1v) is 12.7. The molecule has 8 heteroatoms. The molecule has 0 bridgehead atoms. The van der Waals surface area contributed by atoms with E-state index in [1.165, 1.54) is 6.07 Å². The zero-order valence-electron chi connectivity index (χ0n) is 22.4. The van der Waals surface area contributed by atoms with Crippen molar-refractivity contribution in [2.24, 2.45) is 0 Å². The van der Waals surface area contributed by atoms with Crippen molar-refractivity contribution in [1.82, 2.24) is 5.16 Å². The summed E-state index contributed by atoms with van der Waals surface area (Å²) in [6.07, 6.45) is -0.417. The van der Waals surface area contributed by atoms with Gasteiger partial charge in [-0.25, -0.2) is 9.18 Å². The average molecular weight is 531 g/mol. The van der Waals surface area contributed by atoms with E-state index < -0.39 is 11.5 Å². The number of rotatable bonds is 9. The number of halogens is 1. The minimum absolute atomic E-state index is 0.0247. The number of amides is 1. The van der Waals surface area contributed by atoms with E-state index in [2.05, 4.69) is 10.5 Å². The summed E-state index contributed by atoms with van der Waals surface area (Å²) in [6, 6.07) is 21.8. The first kappa shape index (κ1) is 27.6. The van der Waals surface area contributed by atoms with Crippen molar-refractivity contribution in [1.29, 1.82) is 0 Å². The smallest absolute Gasteiger partial charge is 0.411 e. The zero-order chi connectivity index (χ0) is 28.0. The number of aromatic nitrogens is 1. The van der Waals surface area contributed by atoms with Crippen LogP contribution in [0.4, 0.5) is 14.9 Å². The molecule has 0 saturated heterocycles. The van der Waals surface area contributed by atoms with Gasteiger partial charge in [0, 0.05) is 12.0 Å². The predicted octanol–water partition coefficient (Wildman–Crippen LogP) is 7.09. The lowest BCUT2D eigenvalue weighted by molar-refractivity contribution is -0.148. The van der Waals surface area contributed by atoms with Gasteiger partial charge in [0.1, 0.15) is 17.2 Å². The fraction of sp³-hybridized carbons (Fsp3) is 0.258. The highest BCUT2D eigenvalue weighted by Gasteiger charge is 2.31. The molecule has 4 rings (SSSR count). The van der Waals surface area contributed by atoms with Gasteiger partial charge in [-0.05, 0) is 56.0 Å². The van der Waals surface area contributed by atoms with E-state index in [0.29, 0.717) is 29.3 Å². The fourth-order valence-electron chi connectivity index (χ4n) is 4.13. The van der Waals surface area contributed by atoms with Gasteiger partial charge in [-0.15, -0.1) is 0 Å². The molecule has 1 aromatic heterocycles. The Morgan fingerprint density at radius 3 is 2.18 bits per heavy atom. The molecule has 7 nitrogen and oxygen atoms in total. The first-order valence-electron chi connectivity index (χ1n) is 12.7. The quantitative estimate of drug-likeness (QED) is 0.232. The maximum absolute atomic E-state index is 13.8. The number of anilines is 1. The van der Waals surface area contributed by atoms with Crippen LogP contribution < -0.4 is 5.32 Å². The van der Waals surface area contributed by atoms with Gasteiger partial charge in [0.2, 0.25) is 0 Å². The topological polar surface area (TPSA) is 90.7 Å². The first-order chi connectivity index (χ1) is 18.7. The fourth-order valence-corrected chi connectivity index (χ4v) is 4.13. The molecule has 1 N–H and O–H groups in total. The number of aryl methyl sites for hydroxylation is 1. The number of nitrogens with one attached hydrogen (secondary N) is 1. The van der Waals surface area contributed by atoms with Crippen LogP contribution in [0.1, 0.15) is 37.6 Å². The molecule has 1 amide bonds. The summed E-state index contributed by atoms with van der Waals surface area (Å²) in [4.78, 5) is 24.7. The van der Waals surface area contributed by atoms with Crippen LogP contribution in [0.2, 0.25) is 0 Å². The summed E-state index contributed by atoms with van der Waals surface area (Å²) in [6.45, 7) is 7.57. The van der Waals surface area contributed by atoms with Crippen LogP contribution in [-0.2, 0) is 26.1 Å². The summed E-state index contributed by atoms with van der Waals surface area (Å²) in [5, 5.41) is 6.69. The number of hydrogen-bond acceptors (Lipinski definition) is 6. The molecule has 0 radical (unpaired) electrons. The van der Waals surface area contributed by atoms with Crippen LogP contribution >= 0.6 is 0 Å². The third-order valence-corrected chi connectivity index (χ3v) is 6.52. The molecule has 0 aliphatic carbocycles. The lowest BCUT2D eigenvalue weighted by Crippen LogP contribution is -2.31. The maximum atomic E-state index is 13.8. The van der Waals surface area contributed by atoms with Crippen molar-refractivity contribution in [3.05, 3.63) is 95.4 Å². The predicted molar refractivity (Wildman–Crippen MR) is 147 cm³/mol. The van der Waals surface area contributed by atoms with Crippen LogP contribution in [0.15, 0.2) is 77.3 Å². The van der Waals surface area contributed by atoms with Crippen molar-refractivity contribution in [2.45, 2.75) is 39.5 Å². The SMILES string of the molecule is CCOC(=O)C(C)(C)c1ccc(-c2ccc(-c3onc(C)c3NC(=O)OCCc3ccccc3F)cc2)cc1. The van der Waals surface area contributed by atoms with E-state index in [4.69, 9.17) is 14.0 Å². The van der Waals surface area contributed by atoms with Crippen LogP contribution in [0, 0.1) is 12.7 Å². The standard InChI is InChI=1S/C31H31FN2O5/c1-5-37-29(35)31(3,4)25-16-14-22(15-17-25)21-10-12-24(13-11-21)28-27(20(2)34-39-28)33-30(36)38-19-18-23-8-6-7-9-26(23)32/h6-17H,5,18-19H2,1-4H3,(H,33,36). The zero-order valence-corrected chi connectivity index (χ0v) is 22.4. The van der Waals surface area contributed by atoms with Crippen molar-refractivity contribution in [3.8, 4) is 22.5 Å². The summed E-state index contributed by atoms with van der Waals surface area (Å²) in [7, 11) is 0. The van der Waals surface area contributed by atoms with Crippen LogP contribution in [0.3, 0.4) is 0 Å². The van der Waals surface area contributed by atoms with Gasteiger partial charge in [0.25, 0.3) is 0 Å². The molecule has 0 fully saturated rings.